The van der Waals surface area contributed by atoms with Crippen molar-refractivity contribution in [3.05, 3.63) is 89.5 Å². The number of carbonyl (C=O) groups excluding carboxylic acids is 3. The summed E-state index contributed by atoms with van der Waals surface area (Å²) in [5, 5.41) is 3.08. The third-order valence-corrected chi connectivity index (χ3v) is 6.32. The summed E-state index contributed by atoms with van der Waals surface area (Å²) in [4.78, 5) is 40.5. The lowest BCUT2D eigenvalue weighted by atomic mass is 9.95. The third kappa shape index (κ3) is 3.60. The first-order valence-electron chi connectivity index (χ1n) is 11.1. The van der Waals surface area contributed by atoms with Crippen LogP contribution in [-0.2, 0) is 0 Å². The number of anilines is 1. The smallest absolute Gasteiger partial charge is 0.266 e. The monoisotopic (exact) mass is 424 g/mol. The lowest BCUT2D eigenvalue weighted by Crippen LogP contribution is -2.36. The number of carbonyl (C=O) groups is 3. The van der Waals surface area contributed by atoms with Crippen molar-refractivity contribution in [3.63, 3.8) is 0 Å². The predicted octanol–water partition coefficient (Wildman–Crippen LogP) is 5.22. The van der Waals surface area contributed by atoms with Crippen LogP contribution in [0.5, 0.6) is 0 Å². The van der Waals surface area contributed by atoms with Gasteiger partial charge in [-0.2, -0.15) is 0 Å². The summed E-state index contributed by atoms with van der Waals surface area (Å²) in [5.74, 6) is -0.962. The SMILES string of the molecule is O=C(NC1CCCCC1)c1ccc2c(c1)C(=O)N(c1ccccc1-c1ccccc1)C2=O. The summed E-state index contributed by atoms with van der Waals surface area (Å²) in [7, 11) is 0. The first-order chi connectivity index (χ1) is 15.6. The summed E-state index contributed by atoms with van der Waals surface area (Å²) < 4.78 is 0. The topological polar surface area (TPSA) is 66.5 Å². The van der Waals surface area contributed by atoms with Crippen molar-refractivity contribution in [2.75, 3.05) is 4.90 Å². The van der Waals surface area contributed by atoms with Crippen LogP contribution in [-0.4, -0.2) is 23.8 Å². The molecule has 1 fully saturated rings. The number of nitrogens with one attached hydrogen (secondary N) is 1. The fraction of sp³-hybridized carbons (Fsp3) is 0.222. The van der Waals surface area contributed by atoms with E-state index in [0.717, 1.165) is 36.8 Å². The Morgan fingerprint density at radius 2 is 1.44 bits per heavy atom. The highest BCUT2D eigenvalue weighted by Gasteiger charge is 2.38. The summed E-state index contributed by atoms with van der Waals surface area (Å²) in [6, 6.07) is 22.0. The molecule has 0 saturated heterocycles. The molecule has 0 aromatic heterocycles. The molecule has 2 aliphatic rings. The number of rotatable bonds is 4. The zero-order valence-corrected chi connectivity index (χ0v) is 17.7. The van der Waals surface area contributed by atoms with Gasteiger partial charge in [0.2, 0.25) is 0 Å². The molecule has 32 heavy (non-hydrogen) atoms. The average molecular weight is 425 g/mol. The Morgan fingerprint density at radius 1 is 0.750 bits per heavy atom. The number of benzene rings is 3. The standard InChI is InChI=1S/C27H24N2O3/c30-25(28-20-11-5-2-6-12-20)19-15-16-22-23(17-19)27(32)29(26(22)31)24-14-8-7-13-21(24)18-9-3-1-4-10-18/h1,3-4,7-10,13-17,20H,2,5-6,11-12H2,(H,28,30). The van der Waals surface area contributed by atoms with E-state index < -0.39 is 5.91 Å². The van der Waals surface area contributed by atoms with Crippen LogP contribution in [0.2, 0.25) is 0 Å². The number of para-hydroxylation sites is 1. The van der Waals surface area contributed by atoms with E-state index in [4.69, 9.17) is 0 Å². The Bertz CT molecular complexity index is 1200. The maximum absolute atomic E-state index is 13.3. The second-order valence-corrected chi connectivity index (χ2v) is 8.40. The van der Waals surface area contributed by atoms with Crippen molar-refractivity contribution >= 4 is 23.4 Å². The number of hydrogen-bond donors (Lipinski definition) is 1. The molecule has 5 heteroatoms. The predicted molar refractivity (Wildman–Crippen MR) is 124 cm³/mol. The van der Waals surface area contributed by atoms with Crippen LogP contribution in [0.25, 0.3) is 11.1 Å². The Hall–Kier alpha value is -3.73. The molecular formula is C27H24N2O3. The van der Waals surface area contributed by atoms with E-state index in [9.17, 15) is 14.4 Å². The summed E-state index contributed by atoms with van der Waals surface area (Å²) in [6.45, 7) is 0. The number of hydrogen-bond acceptors (Lipinski definition) is 3. The largest absolute Gasteiger partial charge is 0.349 e. The molecule has 3 aromatic carbocycles. The molecule has 1 heterocycles. The zero-order valence-electron chi connectivity index (χ0n) is 17.7. The summed E-state index contributed by atoms with van der Waals surface area (Å²) in [6.07, 6.45) is 5.42. The van der Waals surface area contributed by atoms with Gasteiger partial charge >= 0.3 is 0 Å². The molecule has 1 aliphatic carbocycles. The van der Waals surface area contributed by atoms with Crippen LogP contribution in [0.3, 0.4) is 0 Å². The maximum atomic E-state index is 13.3. The Labute approximate surface area is 187 Å². The van der Waals surface area contributed by atoms with Crippen molar-refractivity contribution in [1.82, 2.24) is 5.32 Å². The van der Waals surface area contributed by atoms with Gasteiger partial charge in [-0.05, 0) is 42.7 Å². The normalized spacial score (nSPS) is 16.2. The molecule has 160 valence electrons. The Balaban J connectivity index is 1.46. The minimum absolute atomic E-state index is 0.177. The summed E-state index contributed by atoms with van der Waals surface area (Å²) >= 11 is 0. The van der Waals surface area contributed by atoms with Gasteiger partial charge in [0.1, 0.15) is 0 Å². The first kappa shape index (κ1) is 20.2. The van der Waals surface area contributed by atoms with Gasteiger partial charge in [0.15, 0.2) is 0 Å². The van der Waals surface area contributed by atoms with Crippen LogP contribution in [0.4, 0.5) is 5.69 Å². The van der Waals surface area contributed by atoms with Gasteiger partial charge in [-0.25, -0.2) is 4.90 Å². The Kier molecular flexibility index (Phi) is 5.31. The van der Waals surface area contributed by atoms with E-state index in [2.05, 4.69) is 5.32 Å². The third-order valence-electron chi connectivity index (χ3n) is 6.32. The molecule has 0 spiro atoms. The van der Waals surface area contributed by atoms with Crippen molar-refractivity contribution in [1.29, 1.82) is 0 Å². The van der Waals surface area contributed by atoms with E-state index >= 15 is 0 Å². The van der Waals surface area contributed by atoms with E-state index in [1.165, 1.54) is 11.3 Å². The van der Waals surface area contributed by atoms with Crippen LogP contribution in [0.1, 0.15) is 63.2 Å². The van der Waals surface area contributed by atoms with Crippen LogP contribution in [0.15, 0.2) is 72.8 Å². The molecule has 1 N–H and O–H groups in total. The molecule has 0 radical (unpaired) electrons. The van der Waals surface area contributed by atoms with Gasteiger partial charge in [0, 0.05) is 17.2 Å². The fourth-order valence-corrected chi connectivity index (χ4v) is 4.65. The number of nitrogens with zero attached hydrogens (tertiary/aromatic N) is 1. The van der Waals surface area contributed by atoms with Gasteiger partial charge in [-0.3, -0.25) is 14.4 Å². The summed E-state index contributed by atoms with van der Waals surface area (Å²) in [5.41, 5.74) is 3.28. The van der Waals surface area contributed by atoms with Crippen LogP contribution < -0.4 is 10.2 Å². The Morgan fingerprint density at radius 3 is 2.22 bits per heavy atom. The highest BCUT2D eigenvalue weighted by molar-refractivity contribution is 6.35. The highest BCUT2D eigenvalue weighted by Crippen LogP contribution is 2.36. The van der Waals surface area contributed by atoms with E-state index in [0.29, 0.717) is 16.8 Å². The van der Waals surface area contributed by atoms with Gasteiger partial charge < -0.3 is 5.32 Å². The molecule has 5 rings (SSSR count). The van der Waals surface area contributed by atoms with E-state index in [1.807, 2.05) is 48.5 Å². The van der Waals surface area contributed by atoms with Crippen molar-refractivity contribution < 1.29 is 14.4 Å². The lowest BCUT2D eigenvalue weighted by molar-refractivity contribution is 0.0918. The molecule has 1 aliphatic heterocycles. The van der Waals surface area contributed by atoms with E-state index in [-0.39, 0.29) is 23.4 Å². The van der Waals surface area contributed by atoms with Crippen molar-refractivity contribution in [2.45, 2.75) is 38.1 Å². The van der Waals surface area contributed by atoms with Crippen LogP contribution in [0, 0.1) is 0 Å². The second-order valence-electron chi connectivity index (χ2n) is 8.40. The molecule has 1 saturated carbocycles. The minimum Gasteiger partial charge on any atom is -0.349 e. The minimum atomic E-state index is -0.402. The highest BCUT2D eigenvalue weighted by atomic mass is 16.2. The first-order valence-corrected chi connectivity index (χ1v) is 11.1. The zero-order chi connectivity index (χ0) is 22.1. The van der Waals surface area contributed by atoms with Crippen molar-refractivity contribution in [2.24, 2.45) is 0 Å². The van der Waals surface area contributed by atoms with Gasteiger partial charge in [0.25, 0.3) is 17.7 Å². The molecule has 0 unspecified atom stereocenters. The molecule has 5 nitrogen and oxygen atoms in total. The quantitative estimate of drug-likeness (QED) is 0.584. The molecule has 3 amide bonds. The number of amides is 3. The van der Waals surface area contributed by atoms with E-state index in [1.54, 1.807) is 24.3 Å². The maximum Gasteiger partial charge on any atom is 0.266 e. The number of imide groups is 1. The average Bonchev–Trinajstić information content (AvgIpc) is 3.09. The second kappa shape index (κ2) is 8.42. The molecule has 0 bridgehead atoms. The lowest BCUT2D eigenvalue weighted by Gasteiger charge is -2.22. The van der Waals surface area contributed by atoms with Gasteiger partial charge in [-0.1, -0.05) is 67.8 Å². The van der Waals surface area contributed by atoms with Crippen LogP contribution >= 0.6 is 0 Å². The van der Waals surface area contributed by atoms with Gasteiger partial charge in [-0.15, -0.1) is 0 Å². The van der Waals surface area contributed by atoms with Crippen molar-refractivity contribution in [3.8, 4) is 11.1 Å². The van der Waals surface area contributed by atoms with Gasteiger partial charge in [0.05, 0.1) is 16.8 Å². The fourth-order valence-electron chi connectivity index (χ4n) is 4.65. The molecule has 0 atom stereocenters. The molecular weight excluding hydrogens is 400 g/mol. The molecule has 3 aromatic rings. The number of fused-ring (bicyclic) bond motifs is 1.